The number of carbonyl (C=O) groups excluding carboxylic acids is 2. The molecule has 29 heavy (non-hydrogen) atoms. The first-order chi connectivity index (χ1) is 14.2. The summed E-state index contributed by atoms with van der Waals surface area (Å²) in [6.07, 6.45) is 0. The van der Waals surface area contributed by atoms with Crippen molar-refractivity contribution in [2.24, 2.45) is 0 Å². The van der Waals surface area contributed by atoms with Gasteiger partial charge in [-0.3, -0.25) is 9.59 Å². The minimum atomic E-state index is -1.21. The third-order valence-corrected chi connectivity index (χ3v) is 5.86. The summed E-state index contributed by atoms with van der Waals surface area (Å²) in [5.41, 5.74) is 3.00. The van der Waals surface area contributed by atoms with Crippen LogP contribution < -0.4 is 10.2 Å². The zero-order chi connectivity index (χ0) is 20.0. The van der Waals surface area contributed by atoms with Crippen LogP contribution in [0.4, 0.5) is 11.4 Å². The predicted molar refractivity (Wildman–Crippen MR) is 111 cm³/mol. The highest BCUT2D eigenvalue weighted by molar-refractivity contribution is 6.14. The Morgan fingerprint density at radius 3 is 2.48 bits per heavy atom. The molecule has 2 aliphatic rings. The molecule has 2 heterocycles. The van der Waals surface area contributed by atoms with Gasteiger partial charge < -0.3 is 15.0 Å². The SMILES string of the molecule is COC(=O)C1c2ccccc2NC12C(=O)N(Cc1ccccc1)c1ccccc12. The molecular formula is C24H20N2O3. The van der Waals surface area contributed by atoms with Gasteiger partial charge >= 0.3 is 5.97 Å². The molecule has 5 nitrogen and oxygen atoms in total. The number of anilines is 2. The van der Waals surface area contributed by atoms with E-state index in [0.29, 0.717) is 6.54 Å². The first-order valence-corrected chi connectivity index (χ1v) is 9.57. The molecule has 3 aromatic rings. The van der Waals surface area contributed by atoms with Crippen LogP contribution in [0.1, 0.15) is 22.6 Å². The minimum absolute atomic E-state index is 0.144. The Hall–Kier alpha value is -3.60. The molecule has 1 N–H and O–H groups in total. The van der Waals surface area contributed by atoms with Gasteiger partial charge in [0.25, 0.3) is 5.91 Å². The Balaban J connectivity index is 1.69. The number of rotatable bonds is 3. The zero-order valence-corrected chi connectivity index (χ0v) is 16.0. The van der Waals surface area contributed by atoms with Gasteiger partial charge in [-0.25, -0.2) is 0 Å². The Kier molecular flexibility index (Phi) is 3.91. The maximum Gasteiger partial charge on any atom is 0.316 e. The molecule has 2 unspecified atom stereocenters. The number of amides is 1. The fourth-order valence-electron chi connectivity index (χ4n) is 4.60. The molecule has 2 aliphatic heterocycles. The van der Waals surface area contributed by atoms with Crippen molar-refractivity contribution in [1.82, 2.24) is 0 Å². The lowest BCUT2D eigenvalue weighted by molar-refractivity contribution is -0.146. The highest BCUT2D eigenvalue weighted by Gasteiger charge is 2.62. The monoisotopic (exact) mass is 384 g/mol. The number of carbonyl (C=O) groups is 2. The van der Waals surface area contributed by atoms with Crippen LogP contribution >= 0.6 is 0 Å². The fourth-order valence-corrected chi connectivity index (χ4v) is 4.60. The molecule has 3 aromatic carbocycles. The molecule has 5 heteroatoms. The van der Waals surface area contributed by atoms with E-state index in [4.69, 9.17) is 4.74 Å². The van der Waals surface area contributed by atoms with Gasteiger partial charge in [-0.1, -0.05) is 66.7 Å². The standard InChI is InChI=1S/C24H20N2O3/c1-29-22(27)21-17-11-5-7-13-19(17)25-24(21)18-12-6-8-14-20(18)26(23(24)28)15-16-9-3-2-4-10-16/h2-14,21,25H,15H2,1H3. The Labute approximate surface area is 168 Å². The van der Waals surface area contributed by atoms with Crippen LogP contribution in [0.2, 0.25) is 0 Å². The van der Waals surface area contributed by atoms with E-state index < -0.39 is 17.4 Å². The molecule has 0 radical (unpaired) electrons. The van der Waals surface area contributed by atoms with Crippen LogP contribution in [-0.4, -0.2) is 19.0 Å². The number of ether oxygens (including phenoxy) is 1. The predicted octanol–water partition coefficient (Wildman–Crippen LogP) is 3.81. The summed E-state index contributed by atoms with van der Waals surface area (Å²) in [4.78, 5) is 28.6. The summed E-state index contributed by atoms with van der Waals surface area (Å²) in [5, 5.41) is 3.40. The molecule has 0 saturated heterocycles. The summed E-state index contributed by atoms with van der Waals surface area (Å²) in [6, 6.07) is 25.1. The summed E-state index contributed by atoms with van der Waals surface area (Å²) in [5.74, 6) is -1.32. The van der Waals surface area contributed by atoms with E-state index in [1.165, 1.54) is 7.11 Å². The second-order valence-electron chi connectivity index (χ2n) is 7.37. The Morgan fingerprint density at radius 1 is 1.00 bits per heavy atom. The number of hydrogen-bond acceptors (Lipinski definition) is 4. The number of nitrogens with zero attached hydrogens (tertiary/aromatic N) is 1. The van der Waals surface area contributed by atoms with Gasteiger partial charge in [0, 0.05) is 11.3 Å². The van der Waals surface area contributed by atoms with E-state index in [0.717, 1.165) is 28.1 Å². The van der Waals surface area contributed by atoms with Crippen LogP contribution in [0, 0.1) is 0 Å². The number of fused-ring (bicyclic) bond motifs is 3. The molecule has 0 fully saturated rings. The number of esters is 1. The lowest BCUT2D eigenvalue weighted by Gasteiger charge is -2.30. The van der Waals surface area contributed by atoms with Crippen molar-refractivity contribution in [2.75, 3.05) is 17.3 Å². The van der Waals surface area contributed by atoms with E-state index in [2.05, 4.69) is 5.32 Å². The van der Waals surface area contributed by atoms with Gasteiger partial charge in [-0.15, -0.1) is 0 Å². The van der Waals surface area contributed by atoms with Crippen LogP contribution in [0.25, 0.3) is 0 Å². The van der Waals surface area contributed by atoms with Crippen molar-refractivity contribution in [2.45, 2.75) is 18.0 Å². The largest absolute Gasteiger partial charge is 0.468 e. The van der Waals surface area contributed by atoms with E-state index in [1.807, 2.05) is 78.9 Å². The molecular weight excluding hydrogens is 364 g/mol. The first kappa shape index (κ1) is 17.5. The van der Waals surface area contributed by atoms with Crippen LogP contribution in [0.5, 0.6) is 0 Å². The first-order valence-electron chi connectivity index (χ1n) is 9.57. The second kappa shape index (κ2) is 6.48. The van der Waals surface area contributed by atoms with Gasteiger partial charge in [-0.2, -0.15) is 0 Å². The smallest absolute Gasteiger partial charge is 0.316 e. The van der Waals surface area contributed by atoms with E-state index in [-0.39, 0.29) is 5.91 Å². The average Bonchev–Trinajstić information content (AvgIpc) is 3.23. The van der Waals surface area contributed by atoms with Crippen molar-refractivity contribution in [3.05, 3.63) is 95.6 Å². The molecule has 1 amide bonds. The molecule has 0 bridgehead atoms. The van der Waals surface area contributed by atoms with Crippen LogP contribution in [0.3, 0.4) is 0 Å². The molecule has 0 aromatic heterocycles. The zero-order valence-electron chi connectivity index (χ0n) is 16.0. The lowest BCUT2D eigenvalue weighted by Crippen LogP contribution is -2.49. The Bertz CT molecular complexity index is 1110. The van der Waals surface area contributed by atoms with Gasteiger partial charge in [0.05, 0.1) is 19.3 Å². The van der Waals surface area contributed by atoms with Gasteiger partial charge in [0.15, 0.2) is 5.54 Å². The van der Waals surface area contributed by atoms with Crippen molar-refractivity contribution in [1.29, 1.82) is 0 Å². The highest BCUT2D eigenvalue weighted by Crippen LogP contribution is 2.56. The van der Waals surface area contributed by atoms with Crippen LogP contribution in [0.15, 0.2) is 78.9 Å². The molecule has 2 atom stereocenters. The highest BCUT2D eigenvalue weighted by atomic mass is 16.5. The number of hydrogen-bond donors (Lipinski definition) is 1. The molecule has 0 saturated carbocycles. The van der Waals surface area contributed by atoms with Crippen LogP contribution in [-0.2, 0) is 26.4 Å². The molecule has 0 aliphatic carbocycles. The van der Waals surface area contributed by atoms with Gasteiger partial charge in [0.1, 0.15) is 5.92 Å². The second-order valence-corrected chi connectivity index (χ2v) is 7.37. The van der Waals surface area contributed by atoms with Crippen molar-refractivity contribution in [3.8, 4) is 0 Å². The summed E-state index contributed by atoms with van der Waals surface area (Å²) in [6.45, 7) is 0.435. The summed E-state index contributed by atoms with van der Waals surface area (Å²) in [7, 11) is 1.37. The van der Waals surface area contributed by atoms with Crippen molar-refractivity contribution < 1.29 is 14.3 Å². The average molecular weight is 384 g/mol. The van der Waals surface area contributed by atoms with Gasteiger partial charge in [-0.05, 0) is 23.3 Å². The quantitative estimate of drug-likeness (QED) is 0.698. The third-order valence-electron chi connectivity index (χ3n) is 5.86. The number of para-hydroxylation sites is 2. The van der Waals surface area contributed by atoms with E-state index in [1.54, 1.807) is 4.90 Å². The van der Waals surface area contributed by atoms with E-state index in [9.17, 15) is 9.59 Å². The Morgan fingerprint density at radius 2 is 1.69 bits per heavy atom. The summed E-state index contributed by atoms with van der Waals surface area (Å²) >= 11 is 0. The topological polar surface area (TPSA) is 58.6 Å². The molecule has 144 valence electrons. The van der Waals surface area contributed by atoms with Gasteiger partial charge in [0.2, 0.25) is 0 Å². The molecule has 1 spiro atoms. The fraction of sp³-hybridized carbons (Fsp3) is 0.167. The van der Waals surface area contributed by atoms with Crippen molar-refractivity contribution in [3.63, 3.8) is 0 Å². The normalized spacial score (nSPS) is 21.6. The summed E-state index contributed by atoms with van der Waals surface area (Å²) < 4.78 is 5.14. The lowest BCUT2D eigenvalue weighted by atomic mass is 9.78. The molecule has 5 rings (SSSR count). The van der Waals surface area contributed by atoms with Crippen molar-refractivity contribution >= 4 is 23.3 Å². The number of methoxy groups -OCH3 is 1. The minimum Gasteiger partial charge on any atom is -0.468 e. The third kappa shape index (κ3) is 2.40. The number of nitrogens with one attached hydrogen (secondary N) is 1. The maximum absolute atomic E-state index is 13.9. The van der Waals surface area contributed by atoms with E-state index >= 15 is 0 Å². The maximum atomic E-state index is 13.9. The number of benzene rings is 3.